The molecule has 0 bridgehead atoms. The van der Waals surface area contributed by atoms with Crippen LogP contribution in [0.2, 0.25) is 0 Å². The van der Waals surface area contributed by atoms with Gasteiger partial charge in [0.05, 0.1) is 24.1 Å². The van der Waals surface area contributed by atoms with E-state index in [2.05, 4.69) is 10.6 Å². The summed E-state index contributed by atoms with van der Waals surface area (Å²) in [4.78, 5) is 13.1. The summed E-state index contributed by atoms with van der Waals surface area (Å²) < 4.78 is 11.9. The number of hydrogen-bond donors (Lipinski definition) is 5. The molecule has 0 spiro atoms. The molecular weight excluding hydrogens is 420 g/mol. The zero-order chi connectivity index (χ0) is 20.9. The molecule has 1 aliphatic carbocycles. The van der Waals surface area contributed by atoms with Crippen LogP contribution in [0.3, 0.4) is 0 Å². The lowest BCUT2D eigenvalue weighted by atomic mass is 9.92. The summed E-state index contributed by atoms with van der Waals surface area (Å²) in [6.45, 7) is 3.15. The zero-order valence-electron chi connectivity index (χ0n) is 16.6. The molecule has 3 heterocycles. The van der Waals surface area contributed by atoms with Crippen LogP contribution in [0.5, 0.6) is 0 Å². The number of aliphatic hydroxyl groups excluding tert-OH is 3. The van der Waals surface area contributed by atoms with Crippen LogP contribution >= 0.6 is 23.4 Å². The number of rotatable bonds is 5. The standard InChI is InChI=1S/C19H31ClN2O6S/c1-7(20)11(17-14(24)13(23)15(25)19(28-17)29-2)22-18(26)12-16-9(5-21-12)3-8-4-10(8)6-27-16/h7-17,19,21,23-25H,3-6H2,1-2H3,(H,22,26)/t7-,8-,9-,10-,11+,12-,13?,14?,15?,16+,17?,19?/m0/s1. The van der Waals surface area contributed by atoms with Crippen LogP contribution in [-0.4, -0.2) is 94.1 Å². The zero-order valence-corrected chi connectivity index (χ0v) is 18.2. The van der Waals surface area contributed by atoms with Crippen molar-refractivity contribution in [2.24, 2.45) is 17.8 Å². The fourth-order valence-corrected chi connectivity index (χ4v) is 5.86. The fourth-order valence-electron chi connectivity index (χ4n) is 4.98. The maximum absolute atomic E-state index is 13.1. The predicted molar refractivity (Wildman–Crippen MR) is 109 cm³/mol. The van der Waals surface area contributed by atoms with Crippen molar-refractivity contribution in [1.82, 2.24) is 10.6 Å². The average molecular weight is 451 g/mol. The van der Waals surface area contributed by atoms with Crippen LogP contribution in [0, 0.1) is 17.8 Å². The van der Waals surface area contributed by atoms with Crippen LogP contribution in [0.4, 0.5) is 0 Å². The Morgan fingerprint density at radius 2 is 1.90 bits per heavy atom. The van der Waals surface area contributed by atoms with E-state index >= 15 is 0 Å². The molecule has 5 unspecified atom stereocenters. The van der Waals surface area contributed by atoms with Crippen molar-refractivity contribution in [2.45, 2.75) is 73.2 Å². The summed E-state index contributed by atoms with van der Waals surface area (Å²) in [5.74, 6) is 1.45. The number of carbonyl (C=O) groups excluding carboxylic acids is 1. The van der Waals surface area contributed by atoms with Crippen LogP contribution < -0.4 is 10.6 Å². The van der Waals surface area contributed by atoms with Gasteiger partial charge in [-0.2, -0.15) is 0 Å². The van der Waals surface area contributed by atoms with E-state index in [4.69, 9.17) is 21.1 Å². The van der Waals surface area contributed by atoms with E-state index in [-0.39, 0.29) is 12.0 Å². The number of carbonyl (C=O) groups is 1. The first-order valence-corrected chi connectivity index (χ1v) is 12.1. The van der Waals surface area contributed by atoms with Gasteiger partial charge in [0.25, 0.3) is 0 Å². The summed E-state index contributed by atoms with van der Waals surface area (Å²) in [5.41, 5.74) is -0.723. The van der Waals surface area contributed by atoms with Gasteiger partial charge in [-0.05, 0) is 43.8 Å². The van der Waals surface area contributed by atoms with Gasteiger partial charge in [0.2, 0.25) is 5.91 Å². The highest BCUT2D eigenvalue weighted by molar-refractivity contribution is 7.99. The molecule has 166 valence electrons. The van der Waals surface area contributed by atoms with Crippen LogP contribution in [0.15, 0.2) is 0 Å². The third-order valence-corrected chi connectivity index (χ3v) is 7.98. The van der Waals surface area contributed by atoms with Gasteiger partial charge in [-0.25, -0.2) is 0 Å². The fraction of sp³-hybridized carbons (Fsp3) is 0.947. The van der Waals surface area contributed by atoms with Crippen molar-refractivity contribution in [3.05, 3.63) is 0 Å². The number of fused-ring (bicyclic) bond motifs is 2. The Morgan fingerprint density at radius 3 is 2.59 bits per heavy atom. The maximum atomic E-state index is 13.1. The first kappa shape index (κ1) is 22.1. The number of nitrogens with one attached hydrogen (secondary N) is 2. The normalized spacial score (nSPS) is 48.8. The van der Waals surface area contributed by atoms with Gasteiger partial charge in [0.1, 0.15) is 35.9 Å². The van der Waals surface area contributed by atoms with E-state index in [1.54, 1.807) is 13.2 Å². The Kier molecular flexibility index (Phi) is 6.69. The number of ether oxygens (including phenoxy) is 2. The van der Waals surface area contributed by atoms with Crippen molar-refractivity contribution in [1.29, 1.82) is 0 Å². The molecular formula is C19H31ClN2O6S. The van der Waals surface area contributed by atoms with Crippen molar-refractivity contribution in [2.75, 3.05) is 19.4 Å². The van der Waals surface area contributed by atoms with Gasteiger partial charge < -0.3 is 35.4 Å². The smallest absolute Gasteiger partial charge is 0.240 e. The molecule has 12 atom stereocenters. The molecule has 0 aromatic carbocycles. The Labute approximate surface area is 180 Å². The minimum atomic E-state index is -1.38. The molecule has 5 N–H and O–H groups in total. The highest BCUT2D eigenvalue weighted by Gasteiger charge is 2.51. The molecule has 0 aromatic heterocycles. The monoisotopic (exact) mass is 450 g/mol. The summed E-state index contributed by atoms with van der Waals surface area (Å²) in [6.07, 6.45) is -1.03. The van der Waals surface area contributed by atoms with Crippen molar-refractivity contribution < 1.29 is 29.6 Å². The number of alkyl halides is 1. The maximum Gasteiger partial charge on any atom is 0.240 e. The molecule has 4 fully saturated rings. The second kappa shape index (κ2) is 8.78. The van der Waals surface area contributed by atoms with Gasteiger partial charge in [-0.3, -0.25) is 4.79 Å². The largest absolute Gasteiger partial charge is 0.388 e. The Balaban J connectivity index is 1.44. The summed E-state index contributed by atoms with van der Waals surface area (Å²) in [7, 11) is 0. The van der Waals surface area contributed by atoms with Crippen molar-refractivity contribution >= 4 is 29.3 Å². The van der Waals surface area contributed by atoms with Gasteiger partial charge in [0.15, 0.2) is 0 Å². The Morgan fingerprint density at radius 1 is 1.17 bits per heavy atom. The third kappa shape index (κ3) is 4.30. The minimum absolute atomic E-state index is 0.169. The van der Waals surface area contributed by atoms with Gasteiger partial charge in [-0.1, -0.05) is 0 Å². The molecule has 3 saturated heterocycles. The molecule has 4 rings (SSSR count). The SMILES string of the molecule is CSC1OC([C@H](NC(=O)[C@H]2NC[C@@H]3C[C@H]4C[C@H]4CO[C@H]32)[C@H](C)Cl)C(O)C(O)C1O. The van der Waals surface area contributed by atoms with Crippen LogP contribution in [0.25, 0.3) is 0 Å². The first-order chi connectivity index (χ1) is 13.8. The van der Waals surface area contributed by atoms with E-state index in [9.17, 15) is 20.1 Å². The summed E-state index contributed by atoms with van der Waals surface area (Å²) in [5, 5.41) is 36.4. The highest BCUT2D eigenvalue weighted by atomic mass is 35.5. The number of hydrogen-bond acceptors (Lipinski definition) is 8. The van der Waals surface area contributed by atoms with Crippen LogP contribution in [-0.2, 0) is 14.3 Å². The lowest BCUT2D eigenvalue weighted by Crippen LogP contribution is -2.65. The second-order valence-corrected chi connectivity index (χ2v) is 10.4. The van der Waals surface area contributed by atoms with Gasteiger partial charge >= 0.3 is 0 Å². The third-order valence-electron chi connectivity index (χ3n) is 6.85. The lowest BCUT2D eigenvalue weighted by molar-refractivity contribution is -0.205. The Bertz CT molecular complexity index is 613. The molecule has 1 amide bonds. The van der Waals surface area contributed by atoms with E-state index in [0.717, 1.165) is 18.9 Å². The van der Waals surface area contributed by atoms with Gasteiger partial charge in [0, 0.05) is 6.54 Å². The molecule has 3 aliphatic heterocycles. The molecule has 29 heavy (non-hydrogen) atoms. The topological polar surface area (TPSA) is 120 Å². The highest BCUT2D eigenvalue weighted by Crippen LogP contribution is 2.48. The molecule has 0 aromatic rings. The average Bonchev–Trinajstić information content (AvgIpc) is 3.35. The molecule has 4 aliphatic rings. The predicted octanol–water partition coefficient (Wildman–Crippen LogP) is -0.718. The lowest BCUT2D eigenvalue weighted by Gasteiger charge is -2.44. The van der Waals surface area contributed by atoms with Crippen LogP contribution in [0.1, 0.15) is 19.8 Å². The van der Waals surface area contributed by atoms with E-state index in [1.807, 2.05) is 0 Å². The van der Waals surface area contributed by atoms with Crippen molar-refractivity contribution in [3.63, 3.8) is 0 Å². The van der Waals surface area contributed by atoms with E-state index < -0.39 is 47.3 Å². The molecule has 8 nitrogen and oxygen atoms in total. The van der Waals surface area contributed by atoms with E-state index in [1.165, 1.54) is 18.2 Å². The van der Waals surface area contributed by atoms with Crippen molar-refractivity contribution in [3.8, 4) is 0 Å². The quantitative estimate of drug-likeness (QED) is 0.348. The molecule has 1 saturated carbocycles. The number of amides is 1. The number of aliphatic hydroxyl groups is 3. The minimum Gasteiger partial charge on any atom is -0.388 e. The molecule has 10 heteroatoms. The second-order valence-electron chi connectivity index (χ2n) is 8.82. The number of thioether (sulfide) groups is 1. The molecule has 0 radical (unpaired) electrons. The van der Waals surface area contributed by atoms with E-state index in [0.29, 0.717) is 18.4 Å². The number of halogens is 1. The summed E-state index contributed by atoms with van der Waals surface area (Å²) >= 11 is 7.57. The first-order valence-electron chi connectivity index (χ1n) is 10.3. The van der Waals surface area contributed by atoms with Gasteiger partial charge in [-0.15, -0.1) is 23.4 Å². The Hall–Kier alpha value is -0.130. The summed E-state index contributed by atoms with van der Waals surface area (Å²) in [6, 6.07) is -1.22.